The molecule has 3 heterocycles. The Morgan fingerprint density at radius 1 is 1.14 bits per heavy atom. The molecule has 7 nitrogen and oxygen atoms in total. The number of likely N-dealkylation sites (tertiary alicyclic amines) is 1. The van der Waals surface area contributed by atoms with Gasteiger partial charge in [-0.05, 0) is 85.8 Å². The number of piperidine rings is 1. The molecule has 3 amide bonds. The van der Waals surface area contributed by atoms with Crippen molar-refractivity contribution in [2.24, 2.45) is 0 Å². The van der Waals surface area contributed by atoms with Crippen molar-refractivity contribution in [3.8, 4) is 17.6 Å². The predicted molar refractivity (Wildman–Crippen MR) is 145 cm³/mol. The van der Waals surface area contributed by atoms with E-state index in [1.54, 1.807) is 7.05 Å². The van der Waals surface area contributed by atoms with Crippen molar-refractivity contribution in [3.63, 3.8) is 0 Å². The summed E-state index contributed by atoms with van der Waals surface area (Å²) in [4.78, 5) is 29.2. The topological polar surface area (TPSA) is 73.9 Å². The second-order valence-corrected chi connectivity index (χ2v) is 10.2. The fraction of sp³-hybridized carbons (Fsp3) is 0.467. The lowest BCUT2D eigenvalue weighted by Gasteiger charge is -2.38. The second-order valence-electron chi connectivity index (χ2n) is 10.2. The molecule has 3 aliphatic rings. The van der Waals surface area contributed by atoms with Gasteiger partial charge in [0.15, 0.2) is 0 Å². The standard InChI is InChI=1S/C30H36N4O3/c1-3-4-5-6-22-7-10-27-26(19-22)30(28(35)32-27)12-15-33(16-13-30)17-18-37-25-9-8-24-21-34(29(36)31-2)14-11-23(24)20-25/h7-10,19-20H,3-4,11-18,21H2,1-2H3,(H,31,36)(H,32,35). The smallest absolute Gasteiger partial charge is 0.317 e. The number of hydrogen-bond acceptors (Lipinski definition) is 4. The number of ether oxygens (including phenoxy) is 1. The highest BCUT2D eigenvalue weighted by atomic mass is 16.5. The van der Waals surface area contributed by atoms with Gasteiger partial charge in [0, 0.05) is 44.4 Å². The third kappa shape index (κ3) is 5.17. The average Bonchev–Trinajstić information content (AvgIpc) is 3.19. The van der Waals surface area contributed by atoms with Crippen LogP contribution in [0.3, 0.4) is 0 Å². The minimum absolute atomic E-state index is 0.0334. The molecule has 2 N–H and O–H groups in total. The third-order valence-corrected chi connectivity index (χ3v) is 7.90. The van der Waals surface area contributed by atoms with E-state index >= 15 is 0 Å². The van der Waals surface area contributed by atoms with E-state index in [-0.39, 0.29) is 11.9 Å². The maximum absolute atomic E-state index is 13.1. The summed E-state index contributed by atoms with van der Waals surface area (Å²) in [7, 11) is 1.67. The fourth-order valence-corrected chi connectivity index (χ4v) is 5.68. The zero-order chi connectivity index (χ0) is 25.8. The Bertz CT molecular complexity index is 1240. The van der Waals surface area contributed by atoms with Crippen molar-refractivity contribution < 1.29 is 14.3 Å². The Morgan fingerprint density at radius 3 is 2.76 bits per heavy atom. The molecule has 0 saturated carbocycles. The molecule has 0 aliphatic carbocycles. The average molecular weight is 501 g/mol. The van der Waals surface area contributed by atoms with E-state index in [4.69, 9.17) is 4.74 Å². The Labute approximate surface area is 219 Å². The lowest BCUT2D eigenvalue weighted by Crippen LogP contribution is -2.47. The fourth-order valence-electron chi connectivity index (χ4n) is 5.68. The number of urea groups is 1. The summed E-state index contributed by atoms with van der Waals surface area (Å²) in [6, 6.07) is 12.3. The summed E-state index contributed by atoms with van der Waals surface area (Å²) in [5.41, 5.74) is 5.02. The van der Waals surface area contributed by atoms with Gasteiger partial charge in [0.25, 0.3) is 0 Å². The summed E-state index contributed by atoms with van der Waals surface area (Å²) in [5, 5.41) is 5.81. The van der Waals surface area contributed by atoms with Crippen LogP contribution in [-0.4, -0.2) is 61.6 Å². The molecule has 2 aromatic carbocycles. The molecule has 0 bridgehead atoms. The van der Waals surface area contributed by atoms with Crippen LogP contribution in [0, 0.1) is 11.8 Å². The van der Waals surface area contributed by atoms with Gasteiger partial charge in [-0.15, -0.1) is 0 Å². The van der Waals surface area contributed by atoms with Gasteiger partial charge >= 0.3 is 6.03 Å². The van der Waals surface area contributed by atoms with Crippen LogP contribution in [0.15, 0.2) is 36.4 Å². The molecule has 1 spiro atoms. The number of hydrogen-bond donors (Lipinski definition) is 2. The molecule has 5 rings (SSSR count). The lowest BCUT2D eigenvalue weighted by molar-refractivity contribution is -0.122. The molecule has 0 aromatic heterocycles. The van der Waals surface area contributed by atoms with E-state index in [1.165, 1.54) is 11.1 Å². The first-order chi connectivity index (χ1) is 18.0. The summed E-state index contributed by atoms with van der Waals surface area (Å²) in [6.45, 7) is 6.64. The molecule has 1 saturated heterocycles. The van der Waals surface area contributed by atoms with E-state index < -0.39 is 5.41 Å². The maximum atomic E-state index is 13.1. The van der Waals surface area contributed by atoms with Crippen molar-refractivity contribution in [3.05, 3.63) is 58.7 Å². The zero-order valence-electron chi connectivity index (χ0n) is 21.9. The van der Waals surface area contributed by atoms with Crippen LogP contribution < -0.4 is 15.4 Å². The first-order valence-electron chi connectivity index (χ1n) is 13.4. The number of carbonyl (C=O) groups is 2. The molecular formula is C30H36N4O3. The van der Waals surface area contributed by atoms with Crippen LogP contribution in [0.1, 0.15) is 54.9 Å². The number of anilines is 1. The van der Waals surface area contributed by atoms with E-state index in [0.29, 0.717) is 13.2 Å². The van der Waals surface area contributed by atoms with E-state index in [1.807, 2.05) is 23.1 Å². The highest BCUT2D eigenvalue weighted by Gasteiger charge is 2.48. The Balaban J connectivity index is 1.15. The van der Waals surface area contributed by atoms with Gasteiger partial charge in [-0.3, -0.25) is 9.69 Å². The SMILES string of the molecule is CCCC#Cc1ccc2c(c1)C1(CCN(CCOc3ccc4c(c3)CCN(C(=O)NC)C4)CC1)C(=O)N2. The van der Waals surface area contributed by atoms with Gasteiger partial charge in [0.2, 0.25) is 5.91 Å². The van der Waals surface area contributed by atoms with Crippen molar-refractivity contribution >= 4 is 17.6 Å². The monoisotopic (exact) mass is 500 g/mol. The molecule has 37 heavy (non-hydrogen) atoms. The molecule has 3 aliphatic heterocycles. The van der Waals surface area contributed by atoms with Crippen LogP contribution in [0.4, 0.5) is 10.5 Å². The van der Waals surface area contributed by atoms with Gasteiger partial charge in [0.1, 0.15) is 12.4 Å². The highest BCUT2D eigenvalue weighted by Crippen LogP contribution is 2.45. The largest absolute Gasteiger partial charge is 0.492 e. The summed E-state index contributed by atoms with van der Waals surface area (Å²) in [5.74, 6) is 7.48. The van der Waals surface area contributed by atoms with Crippen LogP contribution in [-0.2, 0) is 23.2 Å². The number of carbonyl (C=O) groups excluding carboxylic acids is 2. The molecule has 7 heteroatoms. The highest BCUT2D eigenvalue weighted by molar-refractivity contribution is 6.06. The first-order valence-corrected chi connectivity index (χ1v) is 13.4. The summed E-state index contributed by atoms with van der Waals surface area (Å²) in [6.07, 6.45) is 4.38. The van der Waals surface area contributed by atoms with Crippen molar-refractivity contribution in [1.29, 1.82) is 0 Å². The number of amides is 3. The maximum Gasteiger partial charge on any atom is 0.317 e. The van der Waals surface area contributed by atoms with Crippen LogP contribution in [0.5, 0.6) is 5.75 Å². The van der Waals surface area contributed by atoms with Crippen LogP contribution in [0.2, 0.25) is 0 Å². The van der Waals surface area contributed by atoms with Crippen LogP contribution in [0.25, 0.3) is 0 Å². The quantitative estimate of drug-likeness (QED) is 0.611. The molecule has 0 unspecified atom stereocenters. The minimum Gasteiger partial charge on any atom is -0.492 e. The first kappa shape index (κ1) is 25.2. The second kappa shape index (κ2) is 10.9. The number of nitrogens with zero attached hydrogens (tertiary/aromatic N) is 2. The number of benzene rings is 2. The van der Waals surface area contributed by atoms with E-state index in [9.17, 15) is 9.59 Å². The molecule has 2 aromatic rings. The van der Waals surface area contributed by atoms with Crippen LogP contribution >= 0.6 is 0 Å². The summed E-state index contributed by atoms with van der Waals surface area (Å²) < 4.78 is 6.10. The van der Waals surface area contributed by atoms with Crippen molar-refractivity contribution in [2.75, 3.05) is 45.2 Å². The van der Waals surface area contributed by atoms with E-state index in [2.05, 4.69) is 52.5 Å². The molecule has 0 atom stereocenters. The molecule has 194 valence electrons. The minimum atomic E-state index is -0.448. The van der Waals surface area contributed by atoms with Gasteiger partial charge in [-0.2, -0.15) is 0 Å². The van der Waals surface area contributed by atoms with Gasteiger partial charge in [0.05, 0.1) is 5.41 Å². The van der Waals surface area contributed by atoms with Gasteiger partial charge < -0.3 is 20.3 Å². The third-order valence-electron chi connectivity index (χ3n) is 7.90. The zero-order valence-corrected chi connectivity index (χ0v) is 21.9. The van der Waals surface area contributed by atoms with Gasteiger partial charge in [-0.1, -0.05) is 24.8 Å². The predicted octanol–water partition coefficient (Wildman–Crippen LogP) is 3.90. The number of fused-ring (bicyclic) bond motifs is 3. The van der Waals surface area contributed by atoms with Crippen molar-refractivity contribution in [2.45, 2.75) is 51.0 Å². The number of nitrogens with one attached hydrogen (secondary N) is 2. The molecule has 1 fully saturated rings. The summed E-state index contributed by atoms with van der Waals surface area (Å²) >= 11 is 0. The number of unbranched alkanes of at least 4 members (excludes halogenated alkanes) is 1. The van der Waals surface area contributed by atoms with Crippen molar-refractivity contribution in [1.82, 2.24) is 15.1 Å². The molecular weight excluding hydrogens is 464 g/mol. The normalized spacial score (nSPS) is 17.9. The Morgan fingerprint density at radius 2 is 1.97 bits per heavy atom. The lowest BCUT2D eigenvalue weighted by atomic mass is 9.73. The Kier molecular flexibility index (Phi) is 7.38. The molecule has 0 radical (unpaired) electrons. The Hall–Kier alpha value is -3.50. The van der Waals surface area contributed by atoms with Gasteiger partial charge in [-0.25, -0.2) is 4.79 Å². The number of rotatable bonds is 5. The van der Waals surface area contributed by atoms with E-state index in [0.717, 1.165) is 80.8 Å².